The van der Waals surface area contributed by atoms with Gasteiger partial charge in [-0.25, -0.2) is 0 Å². The first kappa shape index (κ1) is 17.7. The summed E-state index contributed by atoms with van der Waals surface area (Å²) in [6.45, 7) is 5.32. The standard InChI is InChI=1S/C21H20O5/c1-21(2,3)20(23)25-14-9-10-15-17(12-14)26-18(19(15)22)11-13-7-5-6-8-16(13)24-4/h5-12H,1-4H3/b18-11-. The first-order valence-corrected chi connectivity index (χ1v) is 8.23. The average Bonchev–Trinajstić information content (AvgIpc) is 2.90. The fraction of sp³-hybridized carbons (Fsp3) is 0.238. The lowest BCUT2D eigenvalue weighted by atomic mass is 9.97. The molecule has 0 aromatic heterocycles. The number of methoxy groups -OCH3 is 1. The number of fused-ring (bicyclic) bond motifs is 1. The molecule has 1 aliphatic heterocycles. The van der Waals surface area contributed by atoms with Crippen LogP contribution in [0.25, 0.3) is 6.08 Å². The number of allylic oxidation sites excluding steroid dienone is 1. The smallest absolute Gasteiger partial charge is 0.316 e. The summed E-state index contributed by atoms with van der Waals surface area (Å²) in [6, 6.07) is 12.1. The van der Waals surface area contributed by atoms with Crippen molar-refractivity contribution < 1.29 is 23.8 Å². The van der Waals surface area contributed by atoms with Gasteiger partial charge in [0.2, 0.25) is 5.78 Å². The molecule has 1 aliphatic rings. The van der Waals surface area contributed by atoms with Crippen LogP contribution in [0.1, 0.15) is 36.7 Å². The summed E-state index contributed by atoms with van der Waals surface area (Å²) < 4.78 is 16.3. The average molecular weight is 352 g/mol. The van der Waals surface area contributed by atoms with E-state index in [1.54, 1.807) is 52.2 Å². The van der Waals surface area contributed by atoms with Crippen LogP contribution in [0.2, 0.25) is 0 Å². The Bertz CT molecular complexity index is 903. The summed E-state index contributed by atoms with van der Waals surface area (Å²) in [5, 5.41) is 0. The lowest BCUT2D eigenvalue weighted by Gasteiger charge is -2.16. The van der Waals surface area contributed by atoms with Gasteiger partial charge >= 0.3 is 5.97 Å². The number of para-hydroxylation sites is 1. The van der Waals surface area contributed by atoms with Crippen LogP contribution in [0.15, 0.2) is 48.2 Å². The molecule has 5 nitrogen and oxygen atoms in total. The molecular formula is C21H20O5. The first-order valence-electron chi connectivity index (χ1n) is 8.23. The number of Topliss-reactive ketones (excluding diaryl/α,β-unsaturated/α-hetero) is 1. The summed E-state index contributed by atoms with van der Waals surface area (Å²) >= 11 is 0. The number of esters is 1. The molecule has 0 saturated carbocycles. The molecule has 1 heterocycles. The molecule has 26 heavy (non-hydrogen) atoms. The molecule has 0 fully saturated rings. The highest BCUT2D eigenvalue weighted by Crippen LogP contribution is 2.36. The van der Waals surface area contributed by atoms with E-state index in [1.807, 2.05) is 24.3 Å². The van der Waals surface area contributed by atoms with Crippen LogP contribution in [-0.4, -0.2) is 18.9 Å². The Morgan fingerprint density at radius 1 is 1.12 bits per heavy atom. The number of benzene rings is 2. The number of hydrogen-bond acceptors (Lipinski definition) is 5. The van der Waals surface area contributed by atoms with Crippen LogP contribution in [0.5, 0.6) is 17.2 Å². The van der Waals surface area contributed by atoms with Gasteiger partial charge in [-0.3, -0.25) is 9.59 Å². The van der Waals surface area contributed by atoms with Crippen molar-refractivity contribution in [2.24, 2.45) is 5.41 Å². The highest BCUT2D eigenvalue weighted by molar-refractivity contribution is 6.14. The zero-order valence-electron chi connectivity index (χ0n) is 15.2. The second-order valence-electron chi connectivity index (χ2n) is 6.98. The van der Waals surface area contributed by atoms with E-state index in [0.29, 0.717) is 22.8 Å². The molecule has 3 rings (SSSR count). The van der Waals surface area contributed by atoms with E-state index < -0.39 is 5.41 Å². The third-order valence-electron chi connectivity index (χ3n) is 3.89. The first-order chi connectivity index (χ1) is 12.3. The maximum Gasteiger partial charge on any atom is 0.316 e. The summed E-state index contributed by atoms with van der Waals surface area (Å²) in [4.78, 5) is 24.6. The van der Waals surface area contributed by atoms with E-state index in [9.17, 15) is 9.59 Å². The van der Waals surface area contributed by atoms with Crippen LogP contribution >= 0.6 is 0 Å². The summed E-state index contributed by atoms with van der Waals surface area (Å²) in [7, 11) is 1.57. The molecule has 2 aromatic carbocycles. The molecule has 0 bridgehead atoms. The van der Waals surface area contributed by atoms with E-state index in [2.05, 4.69) is 0 Å². The van der Waals surface area contributed by atoms with Gasteiger partial charge in [-0.05, 0) is 45.0 Å². The number of ketones is 1. The van der Waals surface area contributed by atoms with E-state index >= 15 is 0 Å². The third kappa shape index (κ3) is 3.47. The van der Waals surface area contributed by atoms with Crippen molar-refractivity contribution in [2.45, 2.75) is 20.8 Å². The van der Waals surface area contributed by atoms with E-state index in [0.717, 1.165) is 5.56 Å². The van der Waals surface area contributed by atoms with Gasteiger partial charge < -0.3 is 14.2 Å². The van der Waals surface area contributed by atoms with Crippen LogP contribution in [0, 0.1) is 5.41 Å². The quantitative estimate of drug-likeness (QED) is 0.469. The molecule has 0 spiro atoms. The van der Waals surface area contributed by atoms with Gasteiger partial charge in [-0.1, -0.05) is 18.2 Å². The molecule has 5 heteroatoms. The van der Waals surface area contributed by atoms with Crippen LogP contribution in [0.4, 0.5) is 0 Å². The van der Waals surface area contributed by atoms with Crippen molar-refractivity contribution in [2.75, 3.05) is 7.11 Å². The van der Waals surface area contributed by atoms with Crippen molar-refractivity contribution in [3.05, 3.63) is 59.4 Å². The summed E-state index contributed by atoms with van der Waals surface area (Å²) in [5.41, 5.74) is 0.553. The largest absolute Gasteiger partial charge is 0.496 e. The lowest BCUT2D eigenvalue weighted by Crippen LogP contribution is -2.25. The topological polar surface area (TPSA) is 61.8 Å². The van der Waals surface area contributed by atoms with E-state index in [1.165, 1.54) is 0 Å². The number of rotatable bonds is 3. The number of carbonyl (C=O) groups excluding carboxylic acids is 2. The van der Waals surface area contributed by atoms with Gasteiger partial charge in [0.1, 0.15) is 17.2 Å². The maximum atomic E-state index is 12.6. The minimum absolute atomic E-state index is 0.198. The fourth-order valence-corrected chi connectivity index (χ4v) is 2.42. The van der Waals surface area contributed by atoms with E-state index in [-0.39, 0.29) is 17.5 Å². The highest BCUT2D eigenvalue weighted by atomic mass is 16.5. The summed E-state index contributed by atoms with van der Waals surface area (Å²) in [6.07, 6.45) is 1.64. The van der Waals surface area contributed by atoms with Gasteiger partial charge in [0.05, 0.1) is 18.1 Å². The van der Waals surface area contributed by atoms with Crippen molar-refractivity contribution in [1.29, 1.82) is 0 Å². The third-order valence-corrected chi connectivity index (χ3v) is 3.89. The second-order valence-corrected chi connectivity index (χ2v) is 6.98. The minimum atomic E-state index is -0.620. The molecule has 2 aromatic rings. The number of carbonyl (C=O) groups is 2. The Kier molecular flexibility index (Phi) is 4.55. The van der Waals surface area contributed by atoms with Gasteiger partial charge in [-0.15, -0.1) is 0 Å². The molecule has 0 atom stereocenters. The highest BCUT2D eigenvalue weighted by Gasteiger charge is 2.29. The molecule has 134 valence electrons. The molecule has 0 N–H and O–H groups in total. The minimum Gasteiger partial charge on any atom is -0.496 e. The van der Waals surface area contributed by atoms with Gasteiger partial charge in [0.15, 0.2) is 5.76 Å². The molecule has 0 aliphatic carbocycles. The lowest BCUT2D eigenvalue weighted by molar-refractivity contribution is -0.143. The Morgan fingerprint density at radius 3 is 2.54 bits per heavy atom. The Labute approximate surface area is 152 Å². The van der Waals surface area contributed by atoms with Crippen LogP contribution in [0.3, 0.4) is 0 Å². The predicted molar refractivity (Wildman–Crippen MR) is 97.5 cm³/mol. The zero-order chi connectivity index (χ0) is 18.9. The van der Waals surface area contributed by atoms with Crippen molar-refractivity contribution >= 4 is 17.8 Å². The molecule has 0 radical (unpaired) electrons. The molecule has 0 unspecified atom stereocenters. The molecular weight excluding hydrogens is 332 g/mol. The van der Waals surface area contributed by atoms with Gasteiger partial charge in [0, 0.05) is 11.6 Å². The fourth-order valence-electron chi connectivity index (χ4n) is 2.42. The van der Waals surface area contributed by atoms with Gasteiger partial charge in [-0.2, -0.15) is 0 Å². The molecule has 0 saturated heterocycles. The second kappa shape index (κ2) is 6.67. The predicted octanol–water partition coefficient (Wildman–Crippen LogP) is 4.26. The number of hydrogen-bond donors (Lipinski definition) is 0. The van der Waals surface area contributed by atoms with Gasteiger partial charge in [0.25, 0.3) is 0 Å². The van der Waals surface area contributed by atoms with Crippen molar-refractivity contribution in [3.8, 4) is 17.2 Å². The van der Waals surface area contributed by atoms with Crippen molar-refractivity contribution in [3.63, 3.8) is 0 Å². The normalized spacial score (nSPS) is 14.8. The van der Waals surface area contributed by atoms with Crippen LogP contribution in [-0.2, 0) is 4.79 Å². The maximum absolute atomic E-state index is 12.6. The SMILES string of the molecule is COc1ccccc1/C=C1\Oc2cc(OC(=O)C(C)(C)C)ccc2C1=O. The Hall–Kier alpha value is -3.08. The Morgan fingerprint density at radius 2 is 1.85 bits per heavy atom. The number of ether oxygens (including phenoxy) is 3. The van der Waals surface area contributed by atoms with E-state index in [4.69, 9.17) is 14.2 Å². The molecule has 0 amide bonds. The Balaban J connectivity index is 1.87. The zero-order valence-corrected chi connectivity index (χ0v) is 15.2. The van der Waals surface area contributed by atoms with Crippen molar-refractivity contribution in [1.82, 2.24) is 0 Å². The monoisotopic (exact) mass is 352 g/mol. The van der Waals surface area contributed by atoms with Crippen LogP contribution < -0.4 is 14.2 Å². The summed E-state index contributed by atoms with van der Waals surface area (Å²) in [5.74, 6) is 0.979.